The molecular formula is C14H25N5O. The maximum Gasteiger partial charge on any atom is 0.157 e. The van der Waals surface area contributed by atoms with Crippen molar-refractivity contribution in [1.82, 2.24) is 9.97 Å². The molecule has 2 rings (SSSR count). The van der Waals surface area contributed by atoms with Gasteiger partial charge in [-0.2, -0.15) is 0 Å². The summed E-state index contributed by atoms with van der Waals surface area (Å²) >= 11 is 0. The Balaban J connectivity index is 2.19. The summed E-state index contributed by atoms with van der Waals surface area (Å²) < 4.78 is 5.40. The van der Waals surface area contributed by atoms with E-state index in [4.69, 9.17) is 10.5 Å². The van der Waals surface area contributed by atoms with Crippen molar-refractivity contribution in [2.45, 2.75) is 32.8 Å². The molecule has 0 aromatic carbocycles. The standard InChI is InChI=1S/C14H25N5O/c1-4-18(5-2)13-12(15)14(17-10-16-13)19-8-6-11(20-3)7-9-19/h10-11H,4-9,15H2,1-3H3. The summed E-state index contributed by atoms with van der Waals surface area (Å²) in [5, 5.41) is 0. The fourth-order valence-electron chi connectivity index (χ4n) is 2.71. The number of piperidine rings is 1. The van der Waals surface area contributed by atoms with Crippen LogP contribution in [0.15, 0.2) is 6.33 Å². The van der Waals surface area contributed by atoms with E-state index in [1.165, 1.54) is 0 Å². The summed E-state index contributed by atoms with van der Waals surface area (Å²) in [6, 6.07) is 0. The van der Waals surface area contributed by atoms with E-state index in [0.29, 0.717) is 11.8 Å². The number of hydrogen-bond acceptors (Lipinski definition) is 6. The lowest BCUT2D eigenvalue weighted by atomic mass is 10.1. The first-order valence-electron chi connectivity index (χ1n) is 7.34. The second-order valence-electron chi connectivity index (χ2n) is 5.03. The monoisotopic (exact) mass is 279 g/mol. The van der Waals surface area contributed by atoms with Crippen molar-refractivity contribution in [3.05, 3.63) is 6.33 Å². The number of nitrogens with zero attached hydrogens (tertiary/aromatic N) is 4. The van der Waals surface area contributed by atoms with Crippen LogP contribution in [0.1, 0.15) is 26.7 Å². The Kier molecular flexibility index (Phi) is 5.00. The van der Waals surface area contributed by atoms with Gasteiger partial charge < -0.3 is 20.3 Å². The van der Waals surface area contributed by atoms with Gasteiger partial charge in [-0.15, -0.1) is 0 Å². The summed E-state index contributed by atoms with van der Waals surface area (Å²) in [6.45, 7) is 7.85. The van der Waals surface area contributed by atoms with Gasteiger partial charge >= 0.3 is 0 Å². The summed E-state index contributed by atoms with van der Waals surface area (Å²) in [5.41, 5.74) is 6.98. The molecule has 1 aromatic heterocycles. The number of anilines is 3. The molecule has 1 saturated heterocycles. The Morgan fingerprint density at radius 2 is 1.95 bits per heavy atom. The maximum atomic E-state index is 6.29. The summed E-state index contributed by atoms with van der Waals surface area (Å²) in [6.07, 6.45) is 4.00. The van der Waals surface area contributed by atoms with Crippen molar-refractivity contribution >= 4 is 17.3 Å². The summed E-state index contributed by atoms with van der Waals surface area (Å²) in [4.78, 5) is 13.1. The average Bonchev–Trinajstić information content (AvgIpc) is 2.50. The molecule has 0 spiro atoms. The number of rotatable bonds is 5. The molecule has 112 valence electrons. The van der Waals surface area contributed by atoms with Gasteiger partial charge in [-0.3, -0.25) is 0 Å². The van der Waals surface area contributed by atoms with Crippen LogP contribution >= 0.6 is 0 Å². The lowest BCUT2D eigenvalue weighted by molar-refractivity contribution is 0.0818. The molecule has 0 atom stereocenters. The van der Waals surface area contributed by atoms with E-state index in [9.17, 15) is 0 Å². The van der Waals surface area contributed by atoms with Gasteiger partial charge in [-0.05, 0) is 26.7 Å². The minimum absolute atomic E-state index is 0.358. The van der Waals surface area contributed by atoms with Gasteiger partial charge in [0.25, 0.3) is 0 Å². The lowest BCUT2D eigenvalue weighted by Crippen LogP contribution is -2.38. The first-order chi connectivity index (χ1) is 9.71. The molecule has 1 aliphatic heterocycles. The van der Waals surface area contributed by atoms with E-state index < -0.39 is 0 Å². The maximum absolute atomic E-state index is 6.29. The largest absolute Gasteiger partial charge is 0.393 e. The summed E-state index contributed by atoms with van der Waals surface area (Å²) in [7, 11) is 1.78. The predicted octanol–water partition coefficient (Wildman–Crippen LogP) is 1.52. The van der Waals surface area contributed by atoms with Crippen molar-refractivity contribution in [3.8, 4) is 0 Å². The highest BCUT2D eigenvalue weighted by Gasteiger charge is 2.23. The molecule has 0 bridgehead atoms. The van der Waals surface area contributed by atoms with Crippen LogP contribution in [0, 0.1) is 0 Å². The fourth-order valence-corrected chi connectivity index (χ4v) is 2.71. The minimum atomic E-state index is 0.358. The highest BCUT2D eigenvalue weighted by atomic mass is 16.5. The average molecular weight is 279 g/mol. The first-order valence-corrected chi connectivity index (χ1v) is 7.34. The van der Waals surface area contributed by atoms with Gasteiger partial charge in [0.2, 0.25) is 0 Å². The van der Waals surface area contributed by atoms with Crippen LogP contribution in [0.25, 0.3) is 0 Å². The number of aromatic nitrogens is 2. The number of nitrogen functional groups attached to an aromatic ring is 1. The van der Waals surface area contributed by atoms with Crippen LogP contribution in [0.4, 0.5) is 17.3 Å². The van der Waals surface area contributed by atoms with Crippen molar-refractivity contribution < 1.29 is 4.74 Å². The van der Waals surface area contributed by atoms with Gasteiger partial charge in [0.05, 0.1) is 6.10 Å². The molecule has 0 aliphatic carbocycles. The van der Waals surface area contributed by atoms with Crippen LogP contribution in [0.5, 0.6) is 0 Å². The van der Waals surface area contributed by atoms with Crippen LogP contribution in [0.2, 0.25) is 0 Å². The lowest BCUT2D eigenvalue weighted by Gasteiger charge is -2.33. The van der Waals surface area contributed by atoms with Gasteiger partial charge in [0, 0.05) is 33.3 Å². The number of nitrogens with two attached hydrogens (primary N) is 1. The van der Waals surface area contributed by atoms with E-state index in [0.717, 1.165) is 50.7 Å². The van der Waals surface area contributed by atoms with Crippen LogP contribution in [0.3, 0.4) is 0 Å². The third kappa shape index (κ3) is 2.95. The Bertz CT molecular complexity index is 428. The van der Waals surface area contributed by atoms with Gasteiger partial charge in [-0.1, -0.05) is 0 Å². The van der Waals surface area contributed by atoms with Crippen LogP contribution < -0.4 is 15.5 Å². The zero-order valence-electron chi connectivity index (χ0n) is 12.7. The molecule has 2 heterocycles. The molecule has 20 heavy (non-hydrogen) atoms. The van der Waals surface area contributed by atoms with Crippen molar-refractivity contribution in [2.24, 2.45) is 0 Å². The zero-order valence-corrected chi connectivity index (χ0v) is 12.7. The number of methoxy groups -OCH3 is 1. The molecule has 0 unspecified atom stereocenters. The van der Waals surface area contributed by atoms with E-state index in [2.05, 4.69) is 33.6 Å². The summed E-state index contributed by atoms with van der Waals surface area (Å²) in [5.74, 6) is 1.70. The highest BCUT2D eigenvalue weighted by molar-refractivity contribution is 5.75. The Morgan fingerprint density at radius 1 is 1.30 bits per heavy atom. The normalized spacial score (nSPS) is 16.4. The Morgan fingerprint density at radius 3 is 2.50 bits per heavy atom. The van der Waals surface area contributed by atoms with Crippen LogP contribution in [-0.2, 0) is 4.74 Å². The smallest absolute Gasteiger partial charge is 0.157 e. The van der Waals surface area contributed by atoms with Gasteiger partial charge in [0.15, 0.2) is 11.6 Å². The van der Waals surface area contributed by atoms with Crippen molar-refractivity contribution in [3.63, 3.8) is 0 Å². The topological polar surface area (TPSA) is 67.5 Å². The molecule has 6 heteroatoms. The molecule has 1 aromatic rings. The van der Waals surface area contributed by atoms with Crippen LogP contribution in [-0.4, -0.2) is 49.4 Å². The zero-order chi connectivity index (χ0) is 14.5. The Labute approximate surface area is 120 Å². The van der Waals surface area contributed by atoms with Crippen molar-refractivity contribution in [1.29, 1.82) is 0 Å². The predicted molar refractivity (Wildman–Crippen MR) is 82.2 cm³/mol. The molecule has 0 saturated carbocycles. The van der Waals surface area contributed by atoms with Crippen molar-refractivity contribution in [2.75, 3.05) is 48.8 Å². The third-order valence-corrected chi connectivity index (χ3v) is 3.98. The second kappa shape index (κ2) is 6.74. The van der Waals surface area contributed by atoms with E-state index in [-0.39, 0.29) is 0 Å². The number of hydrogen-bond donors (Lipinski definition) is 1. The van der Waals surface area contributed by atoms with E-state index >= 15 is 0 Å². The molecule has 1 aliphatic rings. The minimum Gasteiger partial charge on any atom is -0.393 e. The van der Waals surface area contributed by atoms with E-state index in [1.807, 2.05) is 0 Å². The molecule has 0 radical (unpaired) electrons. The fraction of sp³-hybridized carbons (Fsp3) is 0.714. The quantitative estimate of drug-likeness (QED) is 0.881. The molecule has 1 fully saturated rings. The molecule has 2 N–H and O–H groups in total. The SMILES string of the molecule is CCN(CC)c1ncnc(N2CCC(OC)CC2)c1N. The van der Waals surface area contributed by atoms with Gasteiger partial charge in [0.1, 0.15) is 12.0 Å². The molecule has 0 amide bonds. The number of ether oxygens (including phenoxy) is 1. The first kappa shape index (κ1) is 14.8. The van der Waals surface area contributed by atoms with E-state index in [1.54, 1.807) is 13.4 Å². The van der Waals surface area contributed by atoms with Gasteiger partial charge in [-0.25, -0.2) is 9.97 Å². The molecular weight excluding hydrogens is 254 g/mol. The second-order valence-corrected chi connectivity index (χ2v) is 5.03. The molecule has 6 nitrogen and oxygen atoms in total. The third-order valence-electron chi connectivity index (χ3n) is 3.98. The Hall–Kier alpha value is -1.56. The highest BCUT2D eigenvalue weighted by Crippen LogP contribution is 2.30.